The maximum absolute atomic E-state index is 12.2. The minimum atomic E-state index is -0.736. The number of ether oxygens (including phenoxy) is 2. The summed E-state index contributed by atoms with van der Waals surface area (Å²) in [4.78, 5) is 29.5. The van der Waals surface area contributed by atoms with Crippen LogP contribution in [0, 0.1) is 0 Å². The van der Waals surface area contributed by atoms with Crippen LogP contribution in [0.25, 0.3) is 0 Å². The Labute approximate surface area is 150 Å². The predicted octanol–water partition coefficient (Wildman–Crippen LogP) is 1.12. The molecular weight excluding hydrogens is 346 g/mol. The van der Waals surface area contributed by atoms with Gasteiger partial charge in [0.1, 0.15) is 18.2 Å². The lowest BCUT2D eigenvalue weighted by Gasteiger charge is -2.22. The number of rotatable bonds is 12. The molecule has 0 saturated heterocycles. The molecule has 1 heterocycles. The first kappa shape index (κ1) is 20.8. The second-order valence-corrected chi connectivity index (χ2v) is 5.68. The number of hydrogen-bond donors (Lipinski definition) is 2. The van der Waals surface area contributed by atoms with Gasteiger partial charge in [-0.05, 0) is 0 Å². The predicted molar refractivity (Wildman–Crippen MR) is 94.2 cm³/mol. The van der Waals surface area contributed by atoms with Crippen LogP contribution in [-0.4, -0.2) is 66.5 Å². The average Bonchev–Trinajstić information content (AvgIpc) is 3.14. The van der Waals surface area contributed by atoms with E-state index in [0.717, 1.165) is 0 Å². The third-order valence-corrected chi connectivity index (χ3v) is 3.80. The summed E-state index contributed by atoms with van der Waals surface area (Å²) in [6.07, 6.45) is 3.98. The monoisotopic (exact) mass is 369 g/mol. The number of aliphatic hydroxyl groups is 1. The summed E-state index contributed by atoms with van der Waals surface area (Å²) in [5.41, 5.74) is 0. The zero-order valence-electron chi connectivity index (χ0n) is 13.9. The molecular formula is C16H23N3O5S. The first-order chi connectivity index (χ1) is 12.1. The minimum Gasteiger partial charge on any atom is -0.460 e. The maximum atomic E-state index is 12.2. The summed E-state index contributed by atoms with van der Waals surface area (Å²) in [6.45, 7) is 7.63. The molecule has 2 N–H and O–H groups in total. The van der Waals surface area contributed by atoms with Crippen molar-refractivity contribution in [1.29, 1.82) is 0 Å². The summed E-state index contributed by atoms with van der Waals surface area (Å²) < 4.78 is 10.0. The first-order valence-corrected chi connectivity index (χ1v) is 8.55. The van der Waals surface area contributed by atoms with Gasteiger partial charge < -0.3 is 19.5 Å². The van der Waals surface area contributed by atoms with E-state index < -0.39 is 18.1 Å². The number of carbonyl (C=O) groups is 2. The molecule has 1 aromatic rings. The number of carbonyl (C=O) groups excluding carboxylic acids is 2. The van der Waals surface area contributed by atoms with Crippen LogP contribution in [0.3, 0.4) is 0 Å². The fraction of sp³-hybridized carbons (Fsp3) is 0.438. The van der Waals surface area contributed by atoms with Gasteiger partial charge in [0.05, 0.1) is 6.61 Å². The molecule has 0 radical (unpaired) electrons. The molecule has 0 saturated carbocycles. The van der Waals surface area contributed by atoms with Crippen LogP contribution < -0.4 is 5.32 Å². The molecule has 1 rings (SSSR count). The number of nitrogens with one attached hydrogen (secondary N) is 1. The van der Waals surface area contributed by atoms with Crippen molar-refractivity contribution in [2.45, 2.75) is 6.04 Å². The molecule has 0 aliphatic carbocycles. The lowest BCUT2D eigenvalue weighted by molar-refractivity contribution is -0.145. The second-order valence-electron chi connectivity index (χ2n) is 4.75. The van der Waals surface area contributed by atoms with Crippen LogP contribution in [0.1, 0.15) is 11.0 Å². The third-order valence-electron chi connectivity index (χ3n) is 2.96. The van der Waals surface area contributed by atoms with Gasteiger partial charge in [-0.15, -0.1) is 11.3 Å². The van der Waals surface area contributed by atoms with E-state index in [1.807, 2.05) is 0 Å². The van der Waals surface area contributed by atoms with Crippen LogP contribution in [-0.2, 0) is 14.3 Å². The average molecular weight is 369 g/mol. The van der Waals surface area contributed by atoms with E-state index in [0.29, 0.717) is 5.01 Å². The molecule has 0 aliphatic rings. The van der Waals surface area contributed by atoms with Crippen LogP contribution in [0.15, 0.2) is 36.9 Å². The van der Waals surface area contributed by atoms with Crippen molar-refractivity contribution in [3.8, 4) is 0 Å². The Bertz CT molecular complexity index is 550. The van der Waals surface area contributed by atoms with Gasteiger partial charge >= 0.3 is 12.1 Å². The molecule has 138 valence electrons. The van der Waals surface area contributed by atoms with Gasteiger partial charge in [0.25, 0.3) is 0 Å². The molecule has 0 bridgehead atoms. The quantitative estimate of drug-likeness (QED) is 0.420. The first-order valence-electron chi connectivity index (χ1n) is 7.67. The van der Waals surface area contributed by atoms with Crippen molar-refractivity contribution in [1.82, 2.24) is 15.2 Å². The topological polar surface area (TPSA) is 101 Å². The lowest BCUT2D eigenvalue weighted by atomic mass is 10.3. The van der Waals surface area contributed by atoms with Gasteiger partial charge in [-0.1, -0.05) is 25.3 Å². The number of aromatic nitrogens is 1. The Balaban J connectivity index is 2.61. The highest BCUT2D eigenvalue weighted by Crippen LogP contribution is 2.17. The van der Waals surface area contributed by atoms with Gasteiger partial charge in [0.15, 0.2) is 6.04 Å². The zero-order chi connectivity index (χ0) is 18.5. The van der Waals surface area contributed by atoms with Crippen molar-refractivity contribution in [3.63, 3.8) is 0 Å². The number of nitrogens with zero attached hydrogens (tertiary/aromatic N) is 2. The van der Waals surface area contributed by atoms with E-state index in [-0.39, 0.29) is 39.5 Å². The molecule has 1 amide bonds. The number of esters is 1. The number of aliphatic hydroxyl groups excluding tert-OH is 1. The summed E-state index contributed by atoms with van der Waals surface area (Å²) in [6, 6.07) is -0.736. The standard InChI is InChI=1S/C16H23N3O5S/c1-3-10-23-15(21)13(14-18-6-12-25-14)17-5-7-19(8-9-20)16(22)24-11-4-2/h3-4,6,12-13,17,20H,1-2,5,7-11H2. The normalized spacial score (nSPS) is 11.4. The van der Waals surface area contributed by atoms with Crippen LogP contribution in [0.2, 0.25) is 0 Å². The molecule has 8 nitrogen and oxygen atoms in total. The third kappa shape index (κ3) is 7.46. The van der Waals surface area contributed by atoms with E-state index in [1.165, 1.54) is 28.4 Å². The molecule has 0 fully saturated rings. The Morgan fingerprint density at radius 2 is 2.04 bits per heavy atom. The van der Waals surface area contributed by atoms with E-state index in [4.69, 9.17) is 14.6 Å². The summed E-state index contributed by atoms with van der Waals surface area (Å²) >= 11 is 1.32. The Hall–Kier alpha value is -2.23. The van der Waals surface area contributed by atoms with E-state index >= 15 is 0 Å². The van der Waals surface area contributed by atoms with E-state index in [2.05, 4.69) is 23.5 Å². The largest absolute Gasteiger partial charge is 0.460 e. The minimum absolute atomic E-state index is 0.0871. The second kappa shape index (κ2) is 12.2. The summed E-state index contributed by atoms with van der Waals surface area (Å²) in [5.74, 6) is -0.474. The number of amides is 1. The smallest absolute Gasteiger partial charge is 0.410 e. The van der Waals surface area contributed by atoms with Gasteiger partial charge in [-0.2, -0.15) is 0 Å². The molecule has 9 heteroatoms. The van der Waals surface area contributed by atoms with Crippen molar-refractivity contribution < 1.29 is 24.2 Å². The Kier molecular flexibility index (Phi) is 10.1. The highest BCUT2D eigenvalue weighted by Gasteiger charge is 2.24. The van der Waals surface area contributed by atoms with E-state index in [9.17, 15) is 9.59 Å². The van der Waals surface area contributed by atoms with Crippen molar-refractivity contribution in [2.75, 3.05) is 39.5 Å². The molecule has 0 aromatic carbocycles. The summed E-state index contributed by atoms with van der Waals surface area (Å²) in [5, 5.41) is 14.4. The molecule has 1 atom stereocenters. The van der Waals surface area contributed by atoms with Crippen LogP contribution >= 0.6 is 11.3 Å². The highest BCUT2D eigenvalue weighted by molar-refractivity contribution is 7.09. The fourth-order valence-corrected chi connectivity index (χ4v) is 2.55. The summed E-state index contributed by atoms with van der Waals surface area (Å²) in [7, 11) is 0. The van der Waals surface area contributed by atoms with Crippen LogP contribution in [0.4, 0.5) is 4.79 Å². The molecule has 0 spiro atoms. The maximum Gasteiger partial charge on any atom is 0.410 e. The Morgan fingerprint density at radius 1 is 1.32 bits per heavy atom. The Morgan fingerprint density at radius 3 is 2.64 bits per heavy atom. The molecule has 0 aliphatic heterocycles. The molecule has 1 unspecified atom stereocenters. The molecule has 25 heavy (non-hydrogen) atoms. The van der Waals surface area contributed by atoms with Gasteiger partial charge in [0, 0.05) is 31.2 Å². The van der Waals surface area contributed by atoms with Gasteiger partial charge in [-0.3, -0.25) is 5.32 Å². The van der Waals surface area contributed by atoms with Crippen molar-refractivity contribution >= 4 is 23.4 Å². The lowest BCUT2D eigenvalue weighted by Crippen LogP contribution is -2.41. The number of hydrogen-bond acceptors (Lipinski definition) is 8. The number of thiazole rings is 1. The zero-order valence-corrected chi connectivity index (χ0v) is 14.7. The van der Waals surface area contributed by atoms with Crippen LogP contribution in [0.5, 0.6) is 0 Å². The van der Waals surface area contributed by atoms with Gasteiger partial charge in [0.2, 0.25) is 0 Å². The molecule has 1 aromatic heterocycles. The van der Waals surface area contributed by atoms with Gasteiger partial charge in [-0.25, -0.2) is 14.6 Å². The van der Waals surface area contributed by atoms with Crippen molar-refractivity contribution in [2.24, 2.45) is 0 Å². The van der Waals surface area contributed by atoms with E-state index in [1.54, 1.807) is 11.6 Å². The van der Waals surface area contributed by atoms with Crippen molar-refractivity contribution in [3.05, 3.63) is 41.9 Å². The SMILES string of the molecule is C=CCOC(=O)C(NCCN(CCO)C(=O)OCC=C)c1nccs1. The fourth-order valence-electron chi connectivity index (χ4n) is 1.85. The highest BCUT2D eigenvalue weighted by atomic mass is 32.1.